The van der Waals surface area contributed by atoms with Crippen LogP contribution in [0.4, 0.5) is 0 Å². The number of halogens is 2. The molecule has 0 bridgehead atoms. The number of hydrogen-bond donors (Lipinski definition) is 1. The molecule has 2 rings (SSSR count). The van der Waals surface area contributed by atoms with Crippen LogP contribution in [-0.2, 0) is 6.54 Å². The Morgan fingerprint density at radius 2 is 1.86 bits per heavy atom. The average Bonchev–Trinajstić information content (AvgIpc) is 2.52. The first-order valence-corrected chi connectivity index (χ1v) is 7.88. The van der Waals surface area contributed by atoms with Gasteiger partial charge in [-0.1, -0.05) is 48.3 Å². The average molecular weight is 337 g/mol. The van der Waals surface area contributed by atoms with E-state index in [1.807, 2.05) is 42.5 Å². The third-order valence-corrected chi connectivity index (χ3v) is 3.66. The fourth-order valence-corrected chi connectivity index (χ4v) is 2.38. The van der Waals surface area contributed by atoms with E-state index >= 15 is 0 Å². The number of hydrogen-bond acceptors (Lipinski definition) is 3. The van der Waals surface area contributed by atoms with Gasteiger partial charge in [-0.05, 0) is 36.2 Å². The molecule has 2 aromatic carbocycles. The third-order valence-electron chi connectivity index (χ3n) is 2.95. The second-order valence-corrected chi connectivity index (χ2v) is 5.53. The lowest BCUT2D eigenvalue weighted by atomic mass is 10.2. The van der Waals surface area contributed by atoms with Gasteiger partial charge < -0.3 is 10.2 Å². The van der Waals surface area contributed by atoms with Crippen molar-refractivity contribution in [1.29, 1.82) is 0 Å². The summed E-state index contributed by atoms with van der Waals surface area (Å²) in [7, 11) is 0. The summed E-state index contributed by atoms with van der Waals surface area (Å²) in [6, 6.07) is 13.2. The number of nitrogens with one attached hydrogen (secondary N) is 1. The molecule has 22 heavy (non-hydrogen) atoms. The fourth-order valence-electron chi connectivity index (χ4n) is 1.85. The van der Waals surface area contributed by atoms with E-state index in [4.69, 9.17) is 27.9 Å². The van der Waals surface area contributed by atoms with E-state index in [9.17, 15) is 0 Å². The number of rotatable bonds is 7. The van der Waals surface area contributed by atoms with Crippen molar-refractivity contribution in [2.45, 2.75) is 19.9 Å². The molecule has 0 heterocycles. The minimum absolute atomic E-state index is 0.473. The van der Waals surface area contributed by atoms with Crippen LogP contribution < -0.4 is 10.2 Å². The first-order chi connectivity index (χ1) is 10.7. The molecule has 2 aromatic rings. The molecule has 5 heteroatoms. The molecular weight excluding hydrogens is 319 g/mol. The molecule has 0 aliphatic carbocycles. The Morgan fingerprint density at radius 1 is 1.14 bits per heavy atom. The van der Waals surface area contributed by atoms with Crippen LogP contribution in [0.3, 0.4) is 0 Å². The summed E-state index contributed by atoms with van der Waals surface area (Å²) in [5.74, 6) is 0.847. The summed E-state index contributed by atoms with van der Waals surface area (Å²) in [4.78, 5) is 0. The summed E-state index contributed by atoms with van der Waals surface area (Å²) in [6.07, 6.45) is 2.72. The highest BCUT2D eigenvalue weighted by atomic mass is 35.5. The molecule has 0 spiro atoms. The second kappa shape index (κ2) is 8.66. The molecule has 0 aliphatic rings. The van der Waals surface area contributed by atoms with Gasteiger partial charge in [0, 0.05) is 15.6 Å². The topological polar surface area (TPSA) is 33.6 Å². The van der Waals surface area contributed by atoms with Gasteiger partial charge in [0.1, 0.15) is 5.75 Å². The van der Waals surface area contributed by atoms with E-state index in [1.54, 1.807) is 6.21 Å². The molecule has 0 unspecified atom stereocenters. The first-order valence-electron chi connectivity index (χ1n) is 7.12. The van der Waals surface area contributed by atoms with E-state index in [0.29, 0.717) is 23.2 Å². The van der Waals surface area contributed by atoms with E-state index in [-0.39, 0.29) is 0 Å². The summed E-state index contributed by atoms with van der Waals surface area (Å²) < 4.78 is 5.59. The van der Waals surface area contributed by atoms with Crippen LogP contribution in [0.15, 0.2) is 47.6 Å². The van der Waals surface area contributed by atoms with Gasteiger partial charge >= 0.3 is 0 Å². The SMILES string of the molecule is CCCOc1cccc(/C=N/NCc2c(Cl)cccc2Cl)c1. The molecule has 0 atom stereocenters. The van der Waals surface area contributed by atoms with Crippen LogP contribution in [0.1, 0.15) is 24.5 Å². The predicted molar refractivity (Wildman–Crippen MR) is 93.1 cm³/mol. The predicted octanol–water partition coefficient (Wildman–Crippen LogP) is 4.91. The molecule has 0 aromatic heterocycles. The number of benzene rings is 2. The van der Waals surface area contributed by atoms with Crippen LogP contribution >= 0.6 is 23.2 Å². The number of nitrogens with zero attached hydrogens (tertiary/aromatic N) is 1. The zero-order chi connectivity index (χ0) is 15.8. The van der Waals surface area contributed by atoms with Gasteiger partial charge in [0.2, 0.25) is 0 Å². The molecule has 0 amide bonds. The zero-order valence-corrected chi connectivity index (χ0v) is 13.9. The fraction of sp³-hybridized carbons (Fsp3) is 0.235. The lowest BCUT2D eigenvalue weighted by Crippen LogP contribution is -2.06. The molecular formula is C17H18Cl2N2O. The van der Waals surface area contributed by atoms with Crippen LogP contribution in [0.5, 0.6) is 5.75 Å². The first kappa shape index (κ1) is 16.7. The van der Waals surface area contributed by atoms with Gasteiger partial charge in [-0.25, -0.2) is 0 Å². The van der Waals surface area contributed by atoms with Crippen molar-refractivity contribution in [3.8, 4) is 5.75 Å². The molecule has 0 fully saturated rings. The Balaban J connectivity index is 1.92. The Kier molecular flexibility index (Phi) is 6.56. The van der Waals surface area contributed by atoms with Crippen molar-refractivity contribution >= 4 is 29.4 Å². The lowest BCUT2D eigenvalue weighted by molar-refractivity contribution is 0.317. The summed E-state index contributed by atoms with van der Waals surface area (Å²) in [6.45, 7) is 3.26. The highest BCUT2D eigenvalue weighted by Gasteiger charge is 2.03. The van der Waals surface area contributed by atoms with Crippen LogP contribution in [0.2, 0.25) is 10.0 Å². The van der Waals surface area contributed by atoms with Gasteiger partial charge in [0.15, 0.2) is 0 Å². The molecule has 1 N–H and O–H groups in total. The van der Waals surface area contributed by atoms with E-state index in [1.165, 1.54) is 0 Å². The maximum atomic E-state index is 6.10. The lowest BCUT2D eigenvalue weighted by Gasteiger charge is -2.06. The molecule has 0 aliphatic heterocycles. The highest BCUT2D eigenvalue weighted by Crippen LogP contribution is 2.23. The van der Waals surface area contributed by atoms with Crippen molar-refractivity contribution in [2.24, 2.45) is 5.10 Å². The van der Waals surface area contributed by atoms with Gasteiger partial charge in [-0.3, -0.25) is 0 Å². The second-order valence-electron chi connectivity index (χ2n) is 4.71. The third kappa shape index (κ3) is 4.93. The van der Waals surface area contributed by atoms with Crippen molar-refractivity contribution in [3.05, 3.63) is 63.6 Å². The number of ether oxygens (including phenoxy) is 1. The van der Waals surface area contributed by atoms with Crippen LogP contribution in [-0.4, -0.2) is 12.8 Å². The highest BCUT2D eigenvalue weighted by molar-refractivity contribution is 6.35. The summed E-state index contributed by atoms with van der Waals surface area (Å²) in [5.41, 5.74) is 4.75. The van der Waals surface area contributed by atoms with Gasteiger partial charge in [0.05, 0.1) is 19.4 Å². The smallest absolute Gasteiger partial charge is 0.119 e. The largest absolute Gasteiger partial charge is 0.494 e. The molecule has 0 saturated carbocycles. The molecule has 0 saturated heterocycles. The Morgan fingerprint density at radius 3 is 2.59 bits per heavy atom. The molecule has 116 valence electrons. The van der Waals surface area contributed by atoms with Crippen molar-refractivity contribution < 1.29 is 4.74 Å². The molecule has 3 nitrogen and oxygen atoms in total. The van der Waals surface area contributed by atoms with Crippen molar-refractivity contribution in [2.75, 3.05) is 6.61 Å². The van der Waals surface area contributed by atoms with Gasteiger partial charge in [0.25, 0.3) is 0 Å². The van der Waals surface area contributed by atoms with Gasteiger partial charge in [-0.2, -0.15) is 5.10 Å². The number of hydrazone groups is 1. The van der Waals surface area contributed by atoms with Gasteiger partial charge in [-0.15, -0.1) is 0 Å². The monoisotopic (exact) mass is 336 g/mol. The normalized spacial score (nSPS) is 10.9. The van der Waals surface area contributed by atoms with Crippen molar-refractivity contribution in [1.82, 2.24) is 5.43 Å². The maximum absolute atomic E-state index is 6.10. The minimum Gasteiger partial charge on any atom is -0.494 e. The maximum Gasteiger partial charge on any atom is 0.119 e. The van der Waals surface area contributed by atoms with E-state index in [0.717, 1.165) is 23.3 Å². The Labute approximate surface area is 140 Å². The Hall–Kier alpha value is -1.71. The van der Waals surface area contributed by atoms with Crippen LogP contribution in [0.25, 0.3) is 0 Å². The van der Waals surface area contributed by atoms with Crippen LogP contribution in [0, 0.1) is 0 Å². The Bertz CT molecular complexity index is 624. The minimum atomic E-state index is 0.473. The van der Waals surface area contributed by atoms with E-state index < -0.39 is 0 Å². The zero-order valence-electron chi connectivity index (χ0n) is 12.4. The van der Waals surface area contributed by atoms with E-state index in [2.05, 4.69) is 17.5 Å². The summed E-state index contributed by atoms with van der Waals surface area (Å²) >= 11 is 12.2. The quantitative estimate of drug-likeness (QED) is 0.575. The standard InChI is InChI=1S/C17H18Cl2N2O/c1-2-9-22-14-6-3-5-13(10-14)11-20-21-12-15-16(18)7-4-8-17(15)19/h3-8,10-11,21H,2,9,12H2,1H3/b20-11+. The summed E-state index contributed by atoms with van der Waals surface area (Å²) in [5, 5.41) is 5.45. The molecule has 0 radical (unpaired) electrons. The van der Waals surface area contributed by atoms with Crippen molar-refractivity contribution in [3.63, 3.8) is 0 Å².